The molecule has 0 radical (unpaired) electrons. The van der Waals surface area contributed by atoms with E-state index in [9.17, 15) is 0 Å². The molecule has 2 aliphatic rings. The number of likely N-dealkylation sites (tertiary alicyclic amines) is 1. The van der Waals surface area contributed by atoms with Gasteiger partial charge in [-0.05, 0) is 31.7 Å². The summed E-state index contributed by atoms with van der Waals surface area (Å²) >= 11 is 0. The van der Waals surface area contributed by atoms with E-state index in [4.69, 9.17) is 5.73 Å². The molecule has 0 aromatic rings. The quantitative estimate of drug-likeness (QED) is 0.658. The minimum Gasteiger partial charge on any atom is -0.323 e. The number of rotatable bonds is 6. The first kappa shape index (κ1) is 10.4. The minimum absolute atomic E-state index is 0.227. The first-order valence-electron chi connectivity index (χ1n) is 6.26. The summed E-state index contributed by atoms with van der Waals surface area (Å²) in [5.74, 6) is 0.870. The van der Waals surface area contributed by atoms with E-state index in [2.05, 4.69) is 11.8 Å². The van der Waals surface area contributed by atoms with Crippen molar-refractivity contribution in [2.75, 3.05) is 19.6 Å². The van der Waals surface area contributed by atoms with Crippen LogP contribution >= 0.6 is 0 Å². The third kappa shape index (κ3) is 2.29. The lowest BCUT2D eigenvalue weighted by molar-refractivity contribution is 0.0533. The molecule has 0 unspecified atom stereocenters. The SMILES string of the molecule is CCCCCCN1CC(N)(C2CC2)C1. The molecule has 0 amide bonds. The predicted octanol–water partition coefficient (Wildman–Crippen LogP) is 1.99. The van der Waals surface area contributed by atoms with Crippen LogP contribution in [0.1, 0.15) is 45.4 Å². The first-order valence-corrected chi connectivity index (χ1v) is 6.26. The van der Waals surface area contributed by atoms with Crippen molar-refractivity contribution in [3.8, 4) is 0 Å². The zero-order valence-corrected chi connectivity index (χ0v) is 9.47. The summed E-state index contributed by atoms with van der Waals surface area (Å²) in [5, 5.41) is 0. The highest BCUT2D eigenvalue weighted by atomic mass is 15.3. The Morgan fingerprint density at radius 1 is 1.21 bits per heavy atom. The van der Waals surface area contributed by atoms with Crippen molar-refractivity contribution in [2.24, 2.45) is 11.7 Å². The van der Waals surface area contributed by atoms with Crippen molar-refractivity contribution in [3.63, 3.8) is 0 Å². The maximum atomic E-state index is 6.29. The normalized spacial score (nSPS) is 26.1. The Balaban J connectivity index is 1.54. The van der Waals surface area contributed by atoms with E-state index < -0.39 is 0 Å². The van der Waals surface area contributed by atoms with Gasteiger partial charge < -0.3 is 5.73 Å². The second-order valence-corrected chi connectivity index (χ2v) is 5.28. The summed E-state index contributed by atoms with van der Waals surface area (Å²) in [6.07, 6.45) is 8.27. The Hall–Kier alpha value is -0.0800. The Morgan fingerprint density at radius 2 is 1.93 bits per heavy atom. The van der Waals surface area contributed by atoms with Crippen molar-refractivity contribution >= 4 is 0 Å². The van der Waals surface area contributed by atoms with Gasteiger partial charge >= 0.3 is 0 Å². The summed E-state index contributed by atoms with van der Waals surface area (Å²) in [7, 11) is 0. The summed E-state index contributed by atoms with van der Waals surface area (Å²) in [4.78, 5) is 2.54. The maximum absolute atomic E-state index is 6.29. The molecule has 0 atom stereocenters. The molecule has 1 heterocycles. The molecule has 2 fully saturated rings. The van der Waals surface area contributed by atoms with Crippen LogP contribution in [0.5, 0.6) is 0 Å². The molecule has 0 aromatic heterocycles. The number of hydrogen-bond acceptors (Lipinski definition) is 2. The molecule has 0 aromatic carbocycles. The third-order valence-electron chi connectivity index (χ3n) is 3.75. The minimum atomic E-state index is 0.227. The summed E-state index contributed by atoms with van der Waals surface area (Å²) in [6, 6.07) is 0. The average molecular weight is 196 g/mol. The summed E-state index contributed by atoms with van der Waals surface area (Å²) in [5.41, 5.74) is 6.51. The van der Waals surface area contributed by atoms with Crippen molar-refractivity contribution in [3.05, 3.63) is 0 Å². The van der Waals surface area contributed by atoms with Crippen LogP contribution in [0.4, 0.5) is 0 Å². The molecule has 0 spiro atoms. The van der Waals surface area contributed by atoms with Gasteiger partial charge in [0.15, 0.2) is 0 Å². The number of unbranched alkanes of at least 4 members (excludes halogenated alkanes) is 3. The largest absolute Gasteiger partial charge is 0.323 e. The lowest BCUT2D eigenvalue weighted by Gasteiger charge is -2.48. The highest BCUT2D eigenvalue weighted by molar-refractivity contribution is 5.08. The summed E-state index contributed by atoms with van der Waals surface area (Å²) in [6.45, 7) is 5.89. The van der Waals surface area contributed by atoms with E-state index in [1.807, 2.05) is 0 Å². The smallest absolute Gasteiger partial charge is 0.0440 e. The molecule has 2 rings (SSSR count). The van der Waals surface area contributed by atoms with E-state index in [0.29, 0.717) is 0 Å². The zero-order valence-electron chi connectivity index (χ0n) is 9.47. The van der Waals surface area contributed by atoms with Crippen molar-refractivity contribution in [2.45, 2.75) is 51.0 Å². The molecule has 0 bridgehead atoms. The van der Waals surface area contributed by atoms with Gasteiger partial charge in [0.2, 0.25) is 0 Å². The molecular weight excluding hydrogens is 172 g/mol. The molecule has 14 heavy (non-hydrogen) atoms. The van der Waals surface area contributed by atoms with Crippen molar-refractivity contribution < 1.29 is 0 Å². The van der Waals surface area contributed by atoms with Gasteiger partial charge in [0, 0.05) is 18.6 Å². The summed E-state index contributed by atoms with van der Waals surface area (Å²) < 4.78 is 0. The van der Waals surface area contributed by atoms with Gasteiger partial charge in [-0.15, -0.1) is 0 Å². The van der Waals surface area contributed by atoms with Crippen LogP contribution in [0.15, 0.2) is 0 Å². The molecule has 82 valence electrons. The van der Waals surface area contributed by atoms with Crippen LogP contribution in [0.3, 0.4) is 0 Å². The van der Waals surface area contributed by atoms with Gasteiger partial charge in [-0.3, -0.25) is 4.90 Å². The van der Waals surface area contributed by atoms with Gasteiger partial charge in [-0.1, -0.05) is 26.2 Å². The van der Waals surface area contributed by atoms with Crippen molar-refractivity contribution in [1.82, 2.24) is 4.90 Å². The standard InChI is InChI=1S/C12H24N2/c1-2-3-4-5-8-14-9-12(13,10-14)11-6-7-11/h11H,2-10,13H2,1H3. The fraction of sp³-hybridized carbons (Fsp3) is 1.00. The molecule has 2 nitrogen and oxygen atoms in total. The monoisotopic (exact) mass is 196 g/mol. The molecule has 1 aliphatic carbocycles. The highest BCUT2D eigenvalue weighted by Crippen LogP contribution is 2.42. The van der Waals surface area contributed by atoms with E-state index in [0.717, 1.165) is 5.92 Å². The molecule has 2 heteroatoms. The first-order chi connectivity index (χ1) is 6.74. The molecular formula is C12H24N2. The number of nitrogens with zero attached hydrogens (tertiary/aromatic N) is 1. The van der Waals surface area contributed by atoms with Crippen LogP contribution in [0, 0.1) is 5.92 Å². The van der Waals surface area contributed by atoms with Gasteiger partial charge in [0.25, 0.3) is 0 Å². The Morgan fingerprint density at radius 3 is 2.50 bits per heavy atom. The molecule has 1 saturated heterocycles. The van der Waals surface area contributed by atoms with Crippen LogP contribution < -0.4 is 5.73 Å². The van der Waals surface area contributed by atoms with Gasteiger partial charge in [-0.25, -0.2) is 0 Å². The van der Waals surface area contributed by atoms with Crippen LogP contribution in [-0.4, -0.2) is 30.1 Å². The van der Waals surface area contributed by atoms with Gasteiger partial charge in [0.1, 0.15) is 0 Å². The Bertz CT molecular complexity index is 181. The zero-order chi connectivity index (χ0) is 10.0. The number of nitrogens with two attached hydrogens (primary N) is 1. The molecule has 1 aliphatic heterocycles. The fourth-order valence-electron chi connectivity index (χ4n) is 2.62. The molecule has 1 saturated carbocycles. The second-order valence-electron chi connectivity index (χ2n) is 5.28. The predicted molar refractivity (Wildman–Crippen MR) is 60.2 cm³/mol. The maximum Gasteiger partial charge on any atom is 0.0440 e. The fourth-order valence-corrected chi connectivity index (χ4v) is 2.62. The second kappa shape index (κ2) is 4.19. The highest BCUT2D eigenvalue weighted by Gasteiger charge is 2.49. The topological polar surface area (TPSA) is 29.3 Å². The Kier molecular flexibility index (Phi) is 3.13. The van der Waals surface area contributed by atoms with E-state index in [1.165, 1.54) is 58.2 Å². The van der Waals surface area contributed by atoms with E-state index in [-0.39, 0.29) is 5.54 Å². The van der Waals surface area contributed by atoms with Crippen molar-refractivity contribution in [1.29, 1.82) is 0 Å². The van der Waals surface area contributed by atoms with Crippen LogP contribution in [0.25, 0.3) is 0 Å². The van der Waals surface area contributed by atoms with Crippen LogP contribution in [-0.2, 0) is 0 Å². The lowest BCUT2D eigenvalue weighted by Crippen LogP contribution is -2.68. The average Bonchev–Trinajstić information content (AvgIpc) is 2.91. The van der Waals surface area contributed by atoms with Gasteiger partial charge in [0.05, 0.1) is 0 Å². The van der Waals surface area contributed by atoms with Gasteiger partial charge in [-0.2, -0.15) is 0 Å². The molecule has 2 N–H and O–H groups in total. The van der Waals surface area contributed by atoms with E-state index >= 15 is 0 Å². The van der Waals surface area contributed by atoms with Crippen LogP contribution in [0.2, 0.25) is 0 Å². The Labute approximate surface area is 87.8 Å². The third-order valence-corrected chi connectivity index (χ3v) is 3.75. The number of hydrogen-bond donors (Lipinski definition) is 1. The van der Waals surface area contributed by atoms with E-state index in [1.54, 1.807) is 0 Å². The lowest BCUT2D eigenvalue weighted by atomic mass is 9.85.